The minimum Gasteiger partial charge on any atom is -0.481 e. The molecule has 0 saturated heterocycles. The van der Waals surface area contributed by atoms with Crippen molar-refractivity contribution in [3.63, 3.8) is 0 Å². The molecule has 0 aliphatic heterocycles. The van der Waals surface area contributed by atoms with E-state index in [0.29, 0.717) is 12.8 Å². The maximum atomic E-state index is 11.8. The van der Waals surface area contributed by atoms with Gasteiger partial charge in [-0.2, -0.15) is 0 Å². The lowest BCUT2D eigenvalue weighted by Gasteiger charge is -2.23. The van der Waals surface area contributed by atoms with Gasteiger partial charge in [0.25, 0.3) is 0 Å². The maximum Gasteiger partial charge on any atom is 0.407 e. The molecule has 7 heteroatoms. The smallest absolute Gasteiger partial charge is 0.407 e. The zero-order valence-corrected chi connectivity index (χ0v) is 14.7. The van der Waals surface area contributed by atoms with Crippen LogP contribution in [0.5, 0.6) is 0 Å². The lowest BCUT2D eigenvalue weighted by molar-refractivity contribution is -0.137. The second-order valence-corrected chi connectivity index (χ2v) is 8.23. The number of nitrogens with one attached hydrogen (secondary N) is 1. The first kappa shape index (κ1) is 18.0. The van der Waals surface area contributed by atoms with Gasteiger partial charge in [0, 0.05) is 23.8 Å². The van der Waals surface area contributed by atoms with Crippen molar-refractivity contribution in [1.29, 1.82) is 0 Å². The summed E-state index contributed by atoms with van der Waals surface area (Å²) in [6.45, 7) is 5.36. The van der Waals surface area contributed by atoms with E-state index in [1.54, 1.807) is 32.1 Å². The Morgan fingerprint density at radius 3 is 2.57 bits per heavy atom. The molecule has 0 aromatic carbocycles. The molecular formula is C14H20BrNO4S. The lowest BCUT2D eigenvalue weighted by Crippen LogP contribution is -2.40. The normalized spacial score (nSPS) is 12.8. The molecule has 1 rings (SSSR count). The van der Waals surface area contributed by atoms with Crippen molar-refractivity contribution in [2.24, 2.45) is 0 Å². The Labute approximate surface area is 136 Å². The zero-order valence-electron chi connectivity index (χ0n) is 12.3. The summed E-state index contributed by atoms with van der Waals surface area (Å²) in [5, 5.41) is 11.6. The fourth-order valence-corrected chi connectivity index (χ4v) is 3.26. The van der Waals surface area contributed by atoms with Gasteiger partial charge in [-0.15, -0.1) is 11.3 Å². The second kappa shape index (κ2) is 7.79. The summed E-state index contributed by atoms with van der Waals surface area (Å²) in [5.74, 6) is -0.877. The average Bonchev–Trinajstić information content (AvgIpc) is 2.69. The van der Waals surface area contributed by atoms with Gasteiger partial charge in [-0.05, 0) is 55.3 Å². The van der Waals surface area contributed by atoms with E-state index < -0.39 is 17.7 Å². The summed E-state index contributed by atoms with van der Waals surface area (Å²) in [5.41, 5.74) is -0.576. The van der Waals surface area contributed by atoms with Crippen molar-refractivity contribution >= 4 is 39.3 Å². The zero-order chi connectivity index (χ0) is 16.0. The molecule has 21 heavy (non-hydrogen) atoms. The summed E-state index contributed by atoms with van der Waals surface area (Å²) < 4.78 is 6.22. The number of thiophene rings is 1. The number of alkyl carbamates (subject to hydrolysis) is 1. The lowest BCUT2D eigenvalue weighted by atomic mass is 10.1. The molecule has 1 unspecified atom stereocenters. The van der Waals surface area contributed by atoms with Crippen LogP contribution in [0.1, 0.15) is 38.5 Å². The van der Waals surface area contributed by atoms with Crippen molar-refractivity contribution < 1.29 is 19.4 Å². The van der Waals surface area contributed by atoms with Crippen LogP contribution in [0.2, 0.25) is 0 Å². The number of carboxylic acid groups (broad SMARTS) is 1. The summed E-state index contributed by atoms with van der Waals surface area (Å²) in [6, 6.07) is 3.63. The highest BCUT2D eigenvalue weighted by Gasteiger charge is 2.20. The molecule has 2 N–H and O–H groups in total. The van der Waals surface area contributed by atoms with E-state index in [-0.39, 0.29) is 12.5 Å². The predicted octanol–water partition coefficient (Wildman–Crippen LogP) is 3.81. The summed E-state index contributed by atoms with van der Waals surface area (Å²) in [6.07, 6.45) is 0.438. The highest BCUT2D eigenvalue weighted by atomic mass is 79.9. The van der Waals surface area contributed by atoms with Gasteiger partial charge in [0.1, 0.15) is 5.60 Å². The van der Waals surface area contributed by atoms with Crippen LogP contribution in [-0.2, 0) is 16.0 Å². The molecule has 0 aliphatic rings. The van der Waals surface area contributed by atoms with Crippen LogP contribution in [0.15, 0.2) is 15.9 Å². The van der Waals surface area contributed by atoms with E-state index in [0.717, 1.165) is 8.66 Å². The molecule has 1 aromatic rings. The molecule has 0 spiro atoms. The van der Waals surface area contributed by atoms with E-state index >= 15 is 0 Å². The van der Waals surface area contributed by atoms with Gasteiger partial charge in [0.05, 0.1) is 3.79 Å². The Hall–Kier alpha value is -1.08. The van der Waals surface area contributed by atoms with Crippen molar-refractivity contribution in [3.8, 4) is 0 Å². The molecule has 0 aliphatic carbocycles. The molecule has 118 valence electrons. The summed E-state index contributed by atoms with van der Waals surface area (Å²) in [7, 11) is 0. The fourth-order valence-electron chi connectivity index (χ4n) is 1.70. The molecule has 0 bridgehead atoms. The predicted molar refractivity (Wildman–Crippen MR) is 85.8 cm³/mol. The van der Waals surface area contributed by atoms with Gasteiger partial charge < -0.3 is 15.2 Å². The van der Waals surface area contributed by atoms with E-state index in [4.69, 9.17) is 9.84 Å². The standard InChI is InChI=1S/C14H20BrNO4S/c1-14(2,3)20-13(19)16-9(4-7-12(17)18)8-10-5-6-11(15)21-10/h5-6,9H,4,7-8H2,1-3H3,(H,16,19)(H,17,18). The highest BCUT2D eigenvalue weighted by molar-refractivity contribution is 9.11. The number of aliphatic carboxylic acids is 1. The van der Waals surface area contributed by atoms with Gasteiger partial charge in [-0.3, -0.25) is 4.79 Å². The van der Waals surface area contributed by atoms with Crippen molar-refractivity contribution in [2.75, 3.05) is 0 Å². The monoisotopic (exact) mass is 377 g/mol. The highest BCUT2D eigenvalue weighted by Crippen LogP contribution is 2.24. The van der Waals surface area contributed by atoms with Crippen LogP contribution >= 0.6 is 27.3 Å². The van der Waals surface area contributed by atoms with Gasteiger partial charge >= 0.3 is 12.1 Å². The molecule has 1 atom stereocenters. The third-order valence-corrected chi connectivity index (χ3v) is 4.15. The molecule has 0 radical (unpaired) electrons. The molecule has 0 fully saturated rings. The largest absolute Gasteiger partial charge is 0.481 e. The topological polar surface area (TPSA) is 75.6 Å². The second-order valence-electron chi connectivity index (χ2n) is 5.69. The van der Waals surface area contributed by atoms with Gasteiger partial charge in [0.2, 0.25) is 0 Å². The summed E-state index contributed by atoms with van der Waals surface area (Å²) >= 11 is 4.95. The van der Waals surface area contributed by atoms with Gasteiger partial charge in [-0.1, -0.05) is 0 Å². The van der Waals surface area contributed by atoms with Crippen molar-refractivity contribution in [2.45, 2.75) is 51.7 Å². The van der Waals surface area contributed by atoms with Crippen LogP contribution in [-0.4, -0.2) is 28.8 Å². The number of rotatable bonds is 6. The average molecular weight is 378 g/mol. The van der Waals surface area contributed by atoms with Crippen LogP contribution in [0.25, 0.3) is 0 Å². The third kappa shape index (κ3) is 8.06. The van der Waals surface area contributed by atoms with E-state index in [2.05, 4.69) is 21.2 Å². The Balaban J connectivity index is 2.63. The number of carbonyl (C=O) groups excluding carboxylic acids is 1. The minimum absolute atomic E-state index is 0.00695. The van der Waals surface area contributed by atoms with Crippen LogP contribution in [0, 0.1) is 0 Å². The first-order chi connectivity index (χ1) is 9.65. The minimum atomic E-state index is -0.877. The van der Waals surface area contributed by atoms with Crippen LogP contribution in [0.3, 0.4) is 0 Å². The first-order valence-electron chi connectivity index (χ1n) is 6.61. The molecule has 1 amide bonds. The number of amides is 1. The number of halogens is 1. The SMILES string of the molecule is CC(C)(C)OC(=O)NC(CCC(=O)O)Cc1ccc(Br)s1. The van der Waals surface area contributed by atoms with Crippen molar-refractivity contribution in [3.05, 3.63) is 20.8 Å². The number of hydrogen-bond acceptors (Lipinski definition) is 4. The Morgan fingerprint density at radius 1 is 1.43 bits per heavy atom. The number of hydrogen-bond donors (Lipinski definition) is 2. The van der Waals surface area contributed by atoms with Crippen LogP contribution < -0.4 is 5.32 Å². The van der Waals surface area contributed by atoms with E-state index in [1.807, 2.05) is 12.1 Å². The number of carboxylic acids is 1. The Bertz CT molecular complexity index is 495. The Kier molecular flexibility index (Phi) is 6.67. The van der Waals surface area contributed by atoms with E-state index in [1.165, 1.54) is 0 Å². The maximum absolute atomic E-state index is 11.8. The molecule has 5 nitrogen and oxygen atoms in total. The Morgan fingerprint density at radius 2 is 2.10 bits per heavy atom. The third-order valence-electron chi connectivity index (χ3n) is 2.50. The van der Waals surface area contributed by atoms with Gasteiger partial charge in [-0.25, -0.2) is 4.79 Å². The van der Waals surface area contributed by atoms with Crippen molar-refractivity contribution in [1.82, 2.24) is 5.32 Å². The molecule has 0 saturated carbocycles. The van der Waals surface area contributed by atoms with Crippen LogP contribution in [0.4, 0.5) is 4.79 Å². The molecule has 1 heterocycles. The fraction of sp³-hybridized carbons (Fsp3) is 0.571. The van der Waals surface area contributed by atoms with E-state index in [9.17, 15) is 9.59 Å². The quantitative estimate of drug-likeness (QED) is 0.789. The number of carbonyl (C=O) groups is 2. The first-order valence-corrected chi connectivity index (χ1v) is 8.22. The van der Waals surface area contributed by atoms with Gasteiger partial charge in [0.15, 0.2) is 0 Å². The number of ether oxygens (including phenoxy) is 1. The molecular weight excluding hydrogens is 358 g/mol. The molecule has 1 aromatic heterocycles. The summed E-state index contributed by atoms with van der Waals surface area (Å²) in [4.78, 5) is 23.6.